The van der Waals surface area contributed by atoms with E-state index in [0.717, 1.165) is 5.56 Å². The fourth-order valence-corrected chi connectivity index (χ4v) is 5.64. The second kappa shape index (κ2) is 9.96. The summed E-state index contributed by atoms with van der Waals surface area (Å²) in [5.41, 5.74) is 1.66. The molecule has 5 rings (SSSR count). The maximum absolute atomic E-state index is 13.7. The lowest BCUT2D eigenvalue weighted by molar-refractivity contribution is -0.384. The maximum Gasteiger partial charge on any atom is 0.271 e. The zero-order valence-electron chi connectivity index (χ0n) is 19.1. The molecule has 0 aromatic heterocycles. The average Bonchev–Trinajstić information content (AvgIpc) is 2.98. The third-order valence-electron chi connectivity index (χ3n) is 5.82. The molecule has 2 amide bonds. The molecule has 0 saturated heterocycles. The highest BCUT2D eigenvalue weighted by Gasteiger charge is 2.31. The summed E-state index contributed by atoms with van der Waals surface area (Å²) < 4.78 is 13.5. The van der Waals surface area contributed by atoms with Gasteiger partial charge in [0.15, 0.2) is 0 Å². The van der Waals surface area contributed by atoms with Gasteiger partial charge in [0.05, 0.1) is 43.3 Å². The summed E-state index contributed by atoms with van der Waals surface area (Å²) in [7, 11) is -1.67. The van der Waals surface area contributed by atoms with Gasteiger partial charge in [0.25, 0.3) is 17.5 Å². The monoisotopic (exact) mass is 531 g/mol. The van der Waals surface area contributed by atoms with Gasteiger partial charge >= 0.3 is 0 Å². The van der Waals surface area contributed by atoms with Gasteiger partial charge in [-0.05, 0) is 54.1 Å². The molecule has 0 saturated carbocycles. The van der Waals surface area contributed by atoms with E-state index in [-0.39, 0.29) is 29.4 Å². The van der Waals surface area contributed by atoms with Crippen molar-refractivity contribution in [2.45, 2.75) is 16.3 Å². The molecular weight excluding hydrogens is 514 g/mol. The Balaban J connectivity index is 1.57. The first-order valence-corrected chi connectivity index (χ1v) is 12.6. The first-order chi connectivity index (χ1) is 17.8. The van der Waals surface area contributed by atoms with E-state index in [2.05, 4.69) is 5.32 Å². The van der Waals surface area contributed by atoms with Crippen LogP contribution in [0, 0.1) is 10.1 Å². The van der Waals surface area contributed by atoms with Crippen LogP contribution in [0.5, 0.6) is 0 Å². The first-order valence-electron chi connectivity index (χ1n) is 11.1. The molecule has 4 aromatic rings. The summed E-state index contributed by atoms with van der Waals surface area (Å²) >= 11 is 6.16. The summed E-state index contributed by atoms with van der Waals surface area (Å²) in [4.78, 5) is 39.6. The number of rotatable bonds is 5. The van der Waals surface area contributed by atoms with Crippen molar-refractivity contribution in [1.82, 2.24) is 0 Å². The van der Waals surface area contributed by atoms with Gasteiger partial charge < -0.3 is 10.2 Å². The van der Waals surface area contributed by atoms with Gasteiger partial charge in [-0.25, -0.2) is 4.21 Å². The van der Waals surface area contributed by atoms with Crippen molar-refractivity contribution < 1.29 is 18.7 Å². The second-order valence-corrected chi connectivity index (χ2v) is 10.1. The quantitative estimate of drug-likeness (QED) is 0.257. The minimum absolute atomic E-state index is 0.133. The second-order valence-electron chi connectivity index (χ2n) is 8.23. The minimum Gasteiger partial charge on any atom is -0.322 e. The number of nitro groups is 1. The number of anilines is 2. The Morgan fingerprint density at radius 1 is 0.946 bits per heavy atom. The van der Waals surface area contributed by atoms with E-state index < -0.39 is 21.6 Å². The summed E-state index contributed by atoms with van der Waals surface area (Å²) in [6, 6.07) is 23.9. The molecule has 1 heterocycles. The van der Waals surface area contributed by atoms with Crippen molar-refractivity contribution in [3.05, 3.63) is 123 Å². The highest BCUT2D eigenvalue weighted by atomic mass is 35.5. The number of halogens is 1. The number of amides is 2. The largest absolute Gasteiger partial charge is 0.322 e. The molecule has 1 N–H and O–H groups in total. The Morgan fingerprint density at radius 2 is 1.73 bits per heavy atom. The number of nitro benzene ring substituents is 1. The predicted molar refractivity (Wildman–Crippen MR) is 141 cm³/mol. The number of non-ortho nitro benzene ring substituents is 1. The number of nitrogens with one attached hydrogen (secondary N) is 1. The van der Waals surface area contributed by atoms with E-state index >= 15 is 0 Å². The van der Waals surface area contributed by atoms with Gasteiger partial charge in [0, 0.05) is 28.4 Å². The number of hydrogen-bond donors (Lipinski definition) is 1. The summed E-state index contributed by atoms with van der Waals surface area (Å²) in [6.07, 6.45) is 0. The number of hydrogen-bond acceptors (Lipinski definition) is 5. The van der Waals surface area contributed by atoms with Gasteiger partial charge in [-0.2, -0.15) is 0 Å². The molecule has 1 atom stereocenters. The number of benzene rings is 4. The molecule has 37 heavy (non-hydrogen) atoms. The summed E-state index contributed by atoms with van der Waals surface area (Å²) in [5, 5.41) is 14.2. The minimum atomic E-state index is -1.67. The van der Waals surface area contributed by atoms with E-state index in [9.17, 15) is 23.9 Å². The molecule has 1 unspecified atom stereocenters. The Kier molecular flexibility index (Phi) is 6.56. The lowest BCUT2D eigenvalue weighted by Crippen LogP contribution is -2.30. The van der Waals surface area contributed by atoms with E-state index in [1.807, 2.05) is 6.07 Å². The van der Waals surface area contributed by atoms with Crippen molar-refractivity contribution in [2.24, 2.45) is 0 Å². The van der Waals surface area contributed by atoms with Gasteiger partial charge in [0.1, 0.15) is 0 Å². The van der Waals surface area contributed by atoms with Gasteiger partial charge in [-0.1, -0.05) is 41.9 Å². The van der Waals surface area contributed by atoms with E-state index in [4.69, 9.17) is 11.6 Å². The maximum atomic E-state index is 13.7. The standard InChI is InChI=1S/C27H18ClN3O5S/c28-19-6-3-5-17(13-19)16-30-23-14-18(26(32)29-20-7-4-8-21(15-20)31(34)35)11-12-25(23)37(36)24-10-2-1-9-22(24)27(30)33/h1-15H,16H2,(H,29,32). The van der Waals surface area contributed by atoms with Crippen LogP contribution in [-0.2, 0) is 17.3 Å². The molecule has 0 spiro atoms. The van der Waals surface area contributed by atoms with Crippen LogP contribution < -0.4 is 10.2 Å². The number of carbonyl (C=O) groups excluding carboxylic acids is 2. The van der Waals surface area contributed by atoms with Crippen LogP contribution >= 0.6 is 11.6 Å². The molecule has 1 aliphatic heterocycles. The molecule has 0 fully saturated rings. The normalized spacial score (nSPS) is 14.4. The molecule has 184 valence electrons. The molecular formula is C27H18ClN3O5S. The van der Waals surface area contributed by atoms with Crippen molar-refractivity contribution in [3.63, 3.8) is 0 Å². The van der Waals surface area contributed by atoms with Crippen LogP contribution in [0.25, 0.3) is 0 Å². The van der Waals surface area contributed by atoms with Crippen molar-refractivity contribution in [2.75, 3.05) is 10.2 Å². The van der Waals surface area contributed by atoms with Gasteiger partial charge in [0.2, 0.25) is 0 Å². The van der Waals surface area contributed by atoms with Crippen molar-refractivity contribution in [1.29, 1.82) is 0 Å². The first kappa shape index (κ1) is 24.4. The Bertz CT molecular complexity index is 1610. The van der Waals surface area contributed by atoms with Crippen LogP contribution in [0.3, 0.4) is 0 Å². The number of nitrogens with zero attached hydrogens (tertiary/aromatic N) is 2. The molecule has 10 heteroatoms. The number of fused-ring (bicyclic) bond motifs is 2. The Morgan fingerprint density at radius 3 is 2.51 bits per heavy atom. The zero-order chi connectivity index (χ0) is 26.1. The molecule has 4 aromatic carbocycles. The summed E-state index contributed by atoms with van der Waals surface area (Å²) in [5.74, 6) is -0.898. The van der Waals surface area contributed by atoms with Crippen LogP contribution in [0.15, 0.2) is 101 Å². The van der Waals surface area contributed by atoms with Gasteiger partial charge in [-0.3, -0.25) is 19.7 Å². The molecule has 0 bridgehead atoms. The molecule has 0 radical (unpaired) electrons. The van der Waals surface area contributed by atoms with Crippen LogP contribution in [-0.4, -0.2) is 20.9 Å². The molecule has 0 aliphatic carbocycles. The van der Waals surface area contributed by atoms with Crippen LogP contribution in [0.4, 0.5) is 17.1 Å². The highest BCUT2D eigenvalue weighted by Crippen LogP contribution is 2.36. The predicted octanol–water partition coefficient (Wildman–Crippen LogP) is 5.83. The third-order valence-corrected chi connectivity index (χ3v) is 7.55. The highest BCUT2D eigenvalue weighted by molar-refractivity contribution is 7.85. The van der Waals surface area contributed by atoms with E-state index in [0.29, 0.717) is 26.1 Å². The lowest BCUT2D eigenvalue weighted by atomic mass is 10.1. The number of carbonyl (C=O) groups is 2. The molecule has 8 nitrogen and oxygen atoms in total. The lowest BCUT2D eigenvalue weighted by Gasteiger charge is -2.23. The van der Waals surface area contributed by atoms with Gasteiger partial charge in [-0.15, -0.1) is 0 Å². The van der Waals surface area contributed by atoms with Crippen molar-refractivity contribution >= 4 is 51.3 Å². The fourth-order valence-electron chi connectivity index (χ4n) is 4.08. The van der Waals surface area contributed by atoms with Crippen molar-refractivity contribution in [3.8, 4) is 0 Å². The topological polar surface area (TPSA) is 110 Å². The summed E-state index contributed by atoms with van der Waals surface area (Å²) in [6.45, 7) is 0.133. The average molecular weight is 532 g/mol. The smallest absolute Gasteiger partial charge is 0.271 e. The Hall–Kier alpha value is -4.34. The van der Waals surface area contributed by atoms with E-state index in [1.165, 1.54) is 41.3 Å². The Labute approximate surface area is 219 Å². The SMILES string of the molecule is O=C(Nc1cccc([N+](=O)[O-])c1)c1ccc2c(c1)N(Cc1cccc(Cl)c1)C(=O)c1ccccc1S2=O. The zero-order valence-corrected chi connectivity index (χ0v) is 20.7. The molecule has 1 aliphatic rings. The fraction of sp³-hybridized carbons (Fsp3) is 0.0370. The van der Waals surface area contributed by atoms with Crippen LogP contribution in [0.1, 0.15) is 26.3 Å². The van der Waals surface area contributed by atoms with E-state index in [1.54, 1.807) is 48.5 Å². The van der Waals surface area contributed by atoms with Crippen LogP contribution in [0.2, 0.25) is 5.02 Å². The third kappa shape index (κ3) is 4.87.